The van der Waals surface area contributed by atoms with Crippen LogP contribution in [-0.2, 0) is 4.79 Å². The smallest absolute Gasteiger partial charge is 0.234 e. The van der Waals surface area contributed by atoms with E-state index < -0.39 is 0 Å². The van der Waals surface area contributed by atoms with Crippen LogP contribution >= 0.6 is 11.8 Å². The molecule has 0 aliphatic rings. The van der Waals surface area contributed by atoms with Crippen LogP contribution in [0.1, 0.15) is 0 Å². The summed E-state index contributed by atoms with van der Waals surface area (Å²) in [6.45, 7) is 0. The molecule has 0 saturated carbocycles. The quantitative estimate of drug-likeness (QED) is 0.583. The van der Waals surface area contributed by atoms with Crippen LogP contribution in [0.3, 0.4) is 0 Å². The zero-order chi connectivity index (χ0) is 19.9. The molecule has 0 radical (unpaired) electrons. The monoisotopic (exact) mass is 399 g/mol. The van der Waals surface area contributed by atoms with Gasteiger partial charge in [0.05, 0.1) is 38.5 Å². The summed E-state index contributed by atoms with van der Waals surface area (Å²) < 4.78 is 17.8. The van der Waals surface area contributed by atoms with Crippen LogP contribution in [0.15, 0.2) is 60.0 Å². The number of nitrogens with zero attached hydrogens (tertiary/aromatic N) is 2. The van der Waals surface area contributed by atoms with E-state index in [4.69, 9.17) is 14.2 Å². The fourth-order valence-electron chi connectivity index (χ4n) is 2.63. The fraction of sp³-hybridized carbons (Fsp3) is 0.200. The van der Waals surface area contributed by atoms with Gasteiger partial charge in [-0.25, -0.2) is 4.98 Å². The van der Waals surface area contributed by atoms with Gasteiger partial charge in [-0.2, -0.15) is 0 Å². The largest absolute Gasteiger partial charge is 0.497 e. The molecule has 1 aromatic heterocycles. The normalized spacial score (nSPS) is 10.4. The van der Waals surface area contributed by atoms with Crippen LogP contribution in [0.5, 0.6) is 17.2 Å². The van der Waals surface area contributed by atoms with Crippen molar-refractivity contribution in [3.05, 3.63) is 54.9 Å². The van der Waals surface area contributed by atoms with Crippen LogP contribution in [0.2, 0.25) is 0 Å². The number of aromatic nitrogens is 2. The summed E-state index contributed by atoms with van der Waals surface area (Å²) in [5.41, 5.74) is 1.45. The number of thioether (sulfide) groups is 1. The number of rotatable bonds is 8. The first-order chi connectivity index (χ1) is 13.7. The highest BCUT2D eigenvalue weighted by atomic mass is 32.2. The number of hydrogen-bond acceptors (Lipinski definition) is 6. The number of hydrogen-bond donors (Lipinski definition) is 1. The number of carbonyl (C=O) groups is 1. The van der Waals surface area contributed by atoms with E-state index in [1.807, 2.05) is 35.0 Å². The molecular formula is C20H21N3O4S. The topological polar surface area (TPSA) is 74.6 Å². The molecule has 0 spiro atoms. The molecule has 8 heteroatoms. The lowest BCUT2D eigenvalue weighted by atomic mass is 10.2. The van der Waals surface area contributed by atoms with Crippen LogP contribution in [0.4, 0.5) is 5.69 Å². The molecule has 0 bridgehead atoms. The van der Waals surface area contributed by atoms with Gasteiger partial charge in [0.1, 0.15) is 17.2 Å². The highest BCUT2D eigenvalue weighted by molar-refractivity contribution is 7.99. The molecule has 0 saturated heterocycles. The number of nitrogens with one attached hydrogen (secondary N) is 1. The van der Waals surface area contributed by atoms with E-state index in [0.29, 0.717) is 22.3 Å². The Morgan fingerprint density at radius 3 is 2.61 bits per heavy atom. The van der Waals surface area contributed by atoms with E-state index in [0.717, 1.165) is 11.4 Å². The van der Waals surface area contributed by atoms with E-state index in [9.17, 15) is 4.79 Å². The number of anilines is 1. The second-order valence-electron chi connectivity index (χ2n) is 5.65. The average Bonchev–Trinajstić information content (AvgIpc) is 3.21. The second-order valence-corrected chi connectivity index (χ2v) is 6.60. The summed E-state index contributed by atoms with van der Waals surface area (Å²) >= 11 is 1.33. The van der Waals surface area contributed by atoms with Gasteiger partial charge in [-0.15, -0.1) is 0 Å². The van der Waals surface area contributed by atoms with Crippen molar-refractivity contribution in [1.29, 1.82) is 0 Å². The maximum atomic E-state index is 12.4. The molecule has 7 nitrogen and oxygen atoms in total. The molecule has 0 unspecified atom stereocenters. The number of para-hydroxylation sites is 2. The van der Waals surface area contributed by atoms with Gasteiger partial charge < -0.3 is 19.5 Å². The standard InChI is InChI=1S/C20H21N3O4S/c1-25-14-8-9-15(18(12-14)27-3)22-19(24)13-28-20-21-10-11-23(20)16-6-4-5-7-17(16)26-2/h4-12H,13H2,1-3H3,(H,22,24). The molecule has 1 N–H and O–H groups in total. The predicted octanol–water partition coefficient (Wildman–Crippen LogP) is 3.63. The molecule has 146 valence electrons. The van der Waals surface area contributed by atoms with Gasteiger partial charge in [-0.05, 0) is 24.3 Å². The number of carbonyl (C=O) groups excluding carboxylic acids is 1. The Morgan fingerprint density at radius 2 is 1.86 bits per heavy atom. The SMILES string of the molecule is COc1ccc(NC(=O)CSc2nccn2-c2ccccc2OC)c(OC)c1. The third kappa shape index (κ3) is 4.40. The zero-order valence-corrected chi connectivity index (χ0v) is 16.7. The van der Waals surface area contributed by atoms with E-state index in [2.05, 4.69) is 10.3 Å². The van der Waals surface area contributed by atoms with Crippen LogP contribution < -0.4 is 19.5 Å². The summed E-state index contributed by atoms with van der Waals surface area (Å²) in [6, 6.07) is 12.9. The molecule has 0 atom stereocenters. The van der Waals surface area contributed by atoms with Crippen LogP contribution in [0.25, 0.3) is 5.69 Å². The number of amides is 1. The fourth-order valence-corrected chi connectivity index (χ4v) is 3.39. The van der Waals surface area contributed by atoms with E-state index in [1.54, 1.807) is 45.7 Å². The molecule has 0 aliphatic carbocycles. The molecule has 28 heavy (non-hydrogen) atoms. The summed E-state index contributed by atoms with van der Waals surface area (Å²) in [5, 5.41) is 3.55. The Hall–Kier alpha value is -3.13. The Balaban J connectivity index is 1.69. The zero-order valence-electron chi connectivity index (χ0n) is 15.8. The minimum absolute atomic E-state index is 0.164. The maximum absolute atomic E-state index is 12.4. The summed E-state index contributed by atoms with van der Waals surface area (Å²) in [5.74, 6) is 1.95. The van der Waals surface area contributed by atoms with Gasteiger partial charge >= 0.3 is 0 Å². The van der Waals surface area contributed by atoms with Gasteiger partial charge in [-0.3, -0.25) is 9.36 Å². The third-order valence-electron chi connectivity index (χ3n) is 3.97. The van der Waals surface area contributed by atoms with Crippen LogP contribution in [-0.4, -0.2) is 42.5 Å². The predicted molar refractivity (Wildman–Crippen MR) is 109 cm³/mol. The lowest BCUT2D eigenvalue weighted by Gasteiger charge is -2.13. The lowest BCUT2D eigenvalue weighted by Crippen LogP contribution is -2.15. The van der Waals surface area contributed by atoms with Crippen molar-refractivity contribution in [3.8, 4) is 22.9 Å². The van der Waals surface area contributed by atoms with Gasteiger partial charge in [0.25, 0.3) is 0 Å². The maximum Gasteiger partial charge on any atom is 0.234 e. The van der Waals surface area contributed by atoms with E-state index >= 15 is 0 Å². The number of ether oxygens (including phenoxy) is 3. The minimum Gasteiger partial charge on any atom is -0.497 e. The van der Waals surface area contributed by atoms with Crippen molar-refractivity contribution in [2.24, 2.45) is 0 Å². The summed E-state index contributed by atoms with van der Waals surface area (Å²) in [4.78, 5) is 16.8. The first kappa shape index (κ1) is 19.6. The Kier molecular flexibility index (Phi) is 6.44. The Morgan fingerprint density at radius 1 is 1.07 bits per heavy atom. The highest BCUT2D eigenvalue weighted by Gasteiger charge is 2.13. The van der Waals surface area contributed by atoms with Gasteiger partial charge in [0, 0.05) is 18.5 Å². The van der Waals surface area contributed by atoms with Crippen molar-refractivity contribution >= 4 is 23.4 Å². The molecule has 0 fully saturated rings. The van der Waals surface area contributed by atoms with Gasteiger partial charge in [0.2, 0.25) is 5.91 Å². The van der Waals surface area contributed by atoms with Crippen molar-refractivity contribution in [2.45, 2.75) is 5.16 Å². The molecule has 3 rings (SSSR count). The number of methoxy groups -OCH3 is 3. The van der Waals surface area contributed by atoms with Gasteiger partial charge in [-0.1, -0.05) is 23.9 Å². The number of imidazole rings is 1. The van der Waals surface area contributed by atoms with E-state index in [-0.39, 0.29) is 11.7 Å². The molecule has 0 aliphatic heterocycles. The molecule has 2 aromatic carbocycles. The molecule has 3 aromatic rings. The van der Waals surface area contributed by atoms with Crippen molar-refractivity contribution < 1.29 is 19.0 Å². The highest BCUT2D eigenvalue weighted by Crippen LogP contribution is 2.30. The van der Waals surface area contributed by atoms with Gasteiger partial charge in [0.15, 0.2) is 5.16 Å². The number of benzene rings is 2. The first-order valence-corrected chi connectivity index (χ1v) is 9.46. The Labute approximate surface area is 167 Å². The molecule has 1 heterocycles. The third-order valence-corrected chi connectivity index (χ3v) is 4.93. The van der Waals surface area contributed by atoms with Crippen LogP contribution in [0, 0.1) is 0 Å². The minimum atomic E-state index is -0.164. The first-order valence-electron chi connectivity index (χ1n) is 8.47. The summed E-state index contributed by atoms with van der Waals surface area (Å²) in [7, 11) is 4.75. The van der Waals surface area contributed by atoms with Crippen molar-refractivity contribution in [1.82, 2.24) is 9.55 Å². The molecular weight excluding hydrogens is 378 g/mol. The van der Waals surface area contributed by atoms with Crippen molar-refractivity contribution in [3.63, 3.8) is 0 Å². The molecule has 1 amide bonds. The van der Waals surface area contributed by atoms with E-state index in [1.165, 1.54) is 11.8 Å². The van der Waals surface area contributed by atoms with Crippen molar-refractivity contribution in [2.75, 3.05) is 32.4 Å². The summed E-state index contributed by atoms with van der Waals surface area (Å²) in [6.07, 6.45) is 3.53. The lowest BCUT2D eigenvalue weighted by molar-refractivity contribution is -0.113. The second kappa shape index (κ2) is 9.18. The Bertz CT molecular complexity index is 958. The average molecular weight is 399 g/mol.